The SMILES string of the molecule is CN1Cc2cc(C(C)(C)C)cc(c2O)CN(C)CC(C)(C)CN(C)Cc2cc(C(C)(C)C)cc(c2O)CN(C)CC(C)(C)C1. The zero-order valence-electron chi connectivity index (χ0n) is 30.6. The molecule has 248 valence electrons. The highest BCUT2D eigenvalue weighted by atomic mass is 16.3. The monoisotopic (exact) mass is 609 g/mol. The second-order valence-corrected chi connectivity index (χ2v) is 17.8. The van der Waals surface area contributed by atoms with Gasteiger partial charge in [0.15, 0.2) is 0 Å². The van der Waals surface area contributed by atoms with Gasteiger partial charge in [0.2, 0.25) is 0 Å². The summed E-state index contributed by atoms with van der Waals surface area (Å²) in [5, 5.41) is 23.1. The second kappa shape index (κ2) is 13.3. The van der Waals surface area contributed by atoms with Crippen molar-refractivity contribution in [3.63, 3.8) is 0 Å². The van der Waals surface area contributed by atoms with Gasteiger partial charge in [-0.3, -0.25) is 0 Å². The molecule has 1 aliphatic heterocycles. The molecule has 1 aliphatic rings. The highest BCUT2D eigenvalue weighted by Gasteiger charge is 2.28. The van der Waals surface area contributed by atoms with Crippen LogP contribution in [0, 0.1) is 10.8 Å². The molecule has 0 spiro atoms. The lowest BCUT2D eigenvalue weighted by molar-refractivity contribution is 0.139. The Hall–Kier alpha value is -2.12. The first-order valence-corrected chi connectivity index (χ1v) is 16.4. The number of rotatable bonds is 0. The number of phenolic OH excluding ortho intramolecular Hbond substituents is 2. The molecule has 0 radical (unpaired) electrons. The Kier molecular flexibility index (Phi) is 11.0. The highest BCUT2D eigenvalue weighted by molar-refractivity contribution is 5.47. The molecule has 4 bridgehead atoms. The molecule has 0 unspecified atom stereocenters. The first kappa shape index (κ1) is 36.3. The maximum atomic E-state index is 11.6. The summed E-state index contributed by atoms with van der Waals surface area (Å²) in [6, 6.07) is 8.84. The summed E-state index contributed by atoms with van der Waals surface area (Å²) in [5.74, 6) is 0.860. The highest BCUT2D eigenvalue weighted by Crippen LogP contribution is 2.36. The van der Waals surface area contributed by atoms with E-state index in [0.717, 1.165) is 48.4 Å². The summed E-state index contributed by atoms with van der Waals surface area (Å²) in [5.41, 5.74) is 6.48. The van der Waals surface area contributed by atoms with E-state index in [-0.39, 0.29) is 21.7 Å². The van der Waals surface area contributed by atoms with E-state index < -0.39 is 0 Å². The molecule has 6 nitrogen and oxygen atoms in total. The van der Waals surface area contributed by atoms with E-state index in [0.29, 0.717) is 37.7 Å². The van der Waals surface area contributed by atoms with E-state index in [1.165, 1.54) is 11.1 Å². The van der Waals surface area contributed by atoms with Crippen LogP contribution in [-0.2, 0) is 37.0 Å². The first-order chi connectivity index (χ1) is 20.0. The molecular weight excluding hydrogens is 544 g/mol. The third-order valence-corrected chi connectivity index (χ3v) is 8.82. The van der Waals surface area contributed by atoms with Crippen molar-refractivity contribution in [2.75, 3.05) is 54.4 Å². The standard InChI is InChI=1S/C38H64N4O2/c1-35(2,3)31-15-27-19-39(11)23-37(7,8)25-41(13)21-29-17-32(36(4,5)6)18-30(34(29)44)22-42(14)26-38(9,10)24-40(12)20-28(16-31)33(27)43/h15-18,43-44H,19-26H2,1-14H3. The van der Waals surface area contributed by atoms with Crippen molar-refractivity contribution in [2.45, 2.75) is 106 Å². The molecule has 2 aromatic rings. The topological polar surface area (TPSA) is 53.4 Å². The van der Waals surface area contributed by atoms with Gasteiger partial charge in [-0.1, -0.05) is 93.5 Å². The summed E-state index contributed by atoms with van der Waals surface area (Å²) in [6.45, 7) is 29.0. The van der Waals surface area contributed by atoms with Crippen LogP contribution in [0.4, 0.5) is 0 Å². The van der Waals surface area contributed by atoms with Gasteiger partial charge in [0.05, 0.1) is 0 Å². The molecule has 1 heterocycles. The fourth-order valence-electron chi connectivity index (χ4n) is 7.28. The number of phenols is 2. The minimum atomic E-state index is -0.0135. The number of benzene rings is 2. The van der Waals surface area contributed by atoms with Crippen molar-refractivity contribution in [3.05, 3.63) is 57.6 Å². The normalized spacial score (nSPS) is 20.9. The molecule has 3 rings (SSSR count). The Bertz CT molecular complexity index is 1110. The lowest BCUT2D eigenvalue weighted by atomic mass is 9.84. The Balaban J connectivity index is 2.06. The average molecular weight is 609 g/mol. The number of nitrogens with zero attached hydrogens (tertiary/aromatic N) is 4. The fraction of sp³-hybridized carbons (Fsp3) is 0.684. The van der Waals surface area contributed by atoms with Crippen molar-refractivity contribution in [3.8, 4) is 11.5 Å². The Morgan fingerprint density at radius 3 is 0.864 bits per heavy atom. The third-order valence-electron chi connectivity index (χ3n) is 8.82. The maximum absolute atomic E-state index is 11.6. The summed E-state index contributed by atoms with van der Waals surface area (Å²) < 4.78 is 0. The average Bonchev–Trinajstić information content (AvgIpc) is 2.80. The number of aromatic hydroxyl groups is 2. The van der Waals surface area contributed by atoms with Crippen molar-refractivity contribution in [2.24, 2.45) is 10.8 Å². The molecule has 0 aromatic heterocycles. The molecule has 2 N–H and O–H groups in total. The number of hydrogen-bond acceptors (Lipinski definition) is 6. The van der Waals surface area contributed by atoms with Crippen LogP contribution in [0.1, 0.15) is 103 Å². The molecule has 0 saturated heterocycles. The summed E-state index contributed by atoms with van der Waals surface area (Å²) >= 11 is 0. The van der Waals surface area contributed by atoms with Gasteiger partial charge >= 0.3 is 0 Å². The van der Waals surface area contributed by atoms with Crippen molar-refractivity contribution >= 4 is 0 Å². The smallest absolute Gasteiger partial charge is 0.124 e. The van der Waals surface area contributed by atoms with Crippen molar-refractivity contribution in [1.82, 2.24) is 19.6 Å². The van der Waals surface area contributed by atoms with Crippen molar-refractivity contribution in [1.29, 1.82) is 0 Å². The van der Waals surface area contributed by atoms with Gasteiger partial charge in [-0.25, -0.2) is 0 Å². The van der Waals surface area contributed by atoms with Gasteiger partial charge in [-0.05, 0) is 61.0 Å². The third kappa shape index (κ3) is 9.94. The van der Waals surface area contributed by atoms with Gasteiger partial charge in [0.1, 0.15) is 11.5 Å². The predicted octanol–water partition coefficient (Wildman–Crippen LogP) is 7.19. The van der Waals surface area contributed by atoms with E-state index in [2.05, 4.69) is 141 Å². The van der Waals surface area contributed by atoms with E-state index in [9.17, 15) is 10.2 Å². The Morgan fingerprint density at radius 1 is 0.477 bits per heavy atom. The molecule has 0 amide bonds. The molecule has 6 heteroatoms. The van der Waals surface area contributed by atoms with E-state index in [4.69, 9.17) is 0 Å². The van der Waals surface area contributed by atoms with Gasteiger partial charge in [-0.15, -0.1) is 0 Å². The van der Waals surface area contributed by atoms with Crippen LogP contribution in [0.3, 0.4) is 0 Å². The zero-order valence-corrected chi connectivity index (χ0v) is 30.6. The summed E-state index contributed by atoms with van der Waals surface area (Å²) in [4.78, 5) is 9.37. The van der Waals surface area contributed by atoms with Gasteiger partial charge in [-0.2, -0.15) is 0 Å². The molecule has 0 fully saturated rings. The van der Waals surface area contributed by atoms with Gasteiger partial charge < -0.3 is 29.8 Å². The number of hydrogen-bond donors (Lipinski definition) is 2. The molecular formula is C38H64N4O2. The lowest BCUT2D eigenvalue weighted by Gasteiger charge is -2.36. The minimum Gasteiger partial charge on any atom is -0.507 e. The molecule has 0 saturated carbocycles. The van der Waals surface area contributed by atoms with Gasteiger partial charge in [0, 0.05) is 74.6 Å². The quantitative estimate of drug-likeness (QED) is 0.330. The van der Waals surface area contributed by atoms with Crippen LogP contribution in [-0.4, -0.2) is 84.2 Å². The van der Waals surface area contributed by atoms with Crippen molar-refractivity contribution < 1.29 is 10.2 Å². The zero-order chi connectivity index (χ0) is 33.4. The molecule has 0 atom stereocenters. The van der Waals surface area contributed by atoms with Crippen LogP contribution in [0.25, 0.3) is 0 Å². The van der Waals surface area contributed by atoms with Crippen LogP contribution in [0.15, 0.2) is 24.3 Å². The largest absolute Gasteiger partial charge is 0.507 e. The summed E-state index contributed by atoms with van der Waals surface area (Å²) in [7, 11) is 8.64. The van der Waals surface area contributed by atoms with E-state index >= 15 is 0 Å². The summed E-state index contributed by atoms with van der Waals surface area (Å²) in [6.07, 6.45) is 0. The minimum absolute atomic E-state index is 0.00345. The number of fused-ring (bicyclic) bond motifs is 4. The second-order valence-electron chi connectivity index (χ2n) is 17.8. The fourth-order valence-corrected chi connectivity index (χ4v) is 7.28. The molecule has 0 aliphatic carbocycles. The van der Waals surface area contributed by atoms with Crippen LogP contribution in [0.2, 0.25) is 0 Å². The van der Waals surface area contributed by atoms with E-state index in [1.807, 2.05) is 0 Å². The molecule has 44 heavy (non-hydrogen) atoms. The Morgan fingerprint density at radius 2 is 0.682 bits per heavy atom. The van der Waals surface area contributed by atoms with E-state index in [1.54, 1.807) is 0 Å². The Labute approximate surface area is 270 Å². The first-order valence-electron chi connectivity index (χ1n) is 16.4. The predicted molar refractivity (Wildman–Crippen MR) is 187 cm³/mol. The lowest BCUT2D eigenvalue weighted by Crippen LogP contribution is -2.40. The van der Waals surface area contributed by atoms with Crippen LogP contribution in [0.5, 0.6) is 11.5 Å². The molecule has 2 aromatic carbocycles. The maximum Gasteiger partial charge on any atom is 0.124 e. The van der Waals surface area contributed by atoms with Gasteiger partial charge in [0.25, 0.3) is 0 Å². The van der Waals surface area contributed by atoms with Crippen LogP contribution < -0.4 is 0 Å². The van der Waals surface area contributed by atoms with Crippen LogP contribution >= 0.6 is 0 Å².